The van der Waals surface area contributed by atoms with Gasteiger partial charge in [-0.3, -0.25) is 4.98 Å². The minimum Gasteiger partial charge on any atom is -0.303 e. The summed E-state index contributed by atoms with van der Waals surface area (Å²) in [5.74, 6) is 0.278. The number of pyridine rings is 1. The highest BCUT2D eigenvalue weighted by atomic mass is 16.1. The van der Waals surface area contributed by atoms with Crippen LogP contribution in [0.15, 0.2) is 91.3 Å². The third-order valence-electron chi connectivity index (χ3n) is 4.45. The van der Waals surface area contributed by atoms with E-state index >= 15 is 0 Å². The number of nitrogens with zero attached hydrogens (tertiary/aromatic N) is 1. The number of carbonyl (C=O) groups is 1. The summed E-state index contributed by atoms with van der Waals surface area (Å²) in [6, 6.07) is 24.9. The average molecular weight is 341 g/mol. The molecule has 3 aromatic rings. The summed E-state index contributed by atoms with van der Waals surface area (Å²) in [7, 11) is 0. The average Bonchev–Trinajstić information content (AvgIpc) is 2.72. The number of rotatable bonds is 8. The molecule has 0 N–H and O–H groups in total. The second-order valence-electron chi connectivity index (χ2n) is 6.38. The van der Waals surface area contributed by atoms with E-state index in [0.717, 1.165) is 19.1 Å². The van der Waals surface area contributed by atoms with Crippen LogP contribution in [0.4, 0.5) is 0 Å². The van der Waals surface area contributed by atoms with Crippen LogP contribution in [-0.4, -0.2) is 11.3 Å². The quantitative estimate of drug-likeness (QED) is 0.517. The monoisotopic (exact) mass is 341 g/mol. The van der Waals surface area contributed by atoms with Gasteiger partial charge >= 0.3 is 0 Å². The molecular weight excluding hydrogens is 318 g/mol. The molecule has 1 heterocycles. The van der Waals surface area contributed by atoms with E-state index in [9.17, 15) is 4.79 Å². The zero-order chi connectivity index (χ0) is 18.0. The summed E-state index contributed by atoms with van der Waals surface area (Å²) >= 11 is 0. The lowest BCUT2D eigenvalue weighted by Gasteiger charge is -2.16. The predicted molar refractivity (Wildman–Crippen MR) is 107 cm³/mol. The first-order chi connectivity index (χ1) is 12.9. The highest BCUT2D eigenvalue weighted by Crippen LogP contribution is 2.27. The molecule has 0 amide bonds. The van der Waals surface area contributed by atoms with Crippen molar-refractivity contribution in [2.45, 2.75) is 19.3 Å². The van der Waals surface area contributed by atoms with Gasteiger partial charge in [-0.2, -0.15) is 0 Å². The molecular formula is C24H23NO. The van der Waals surface area contributed by atoms with Crippen LogP contribution in [0.2, 0.25) is 0 Å². The Kier molecular flexibility index (Phi) is 6.49. The van der Waals surface area contributed by atoms with Crippen LogP contribution in [0.25, 0.3) is 5.57 Å². The number of benzene rings is 2. The molecule has 0 radical (unpaired) electrons. The van der Waals surface area contributed by atoms with Gasteiger partial charge in [-0.1, -0.05) is 72.8 Å². The third kappa shape index (κ3) is 5.00. The second kappa shape index (κ2) is 9.47. The maximum absolute atomic E-state index is 11.0. The van der Waals surface area contributed by atoms with Gasteiger partial charge in [-0.15, -0.1) is 0 Å². The van der Waals surface area contributed by atoms with E-state index in [1.807, 2.05) is 24.4 Å². The molecule has 3 rings (SSSR count). The van der Waals surface area contributed by atoms with Crippen molar-refractivity contribution < 1.29 is 4.79 Å². The highest BCUT2D eigenvalue weighted by molar-refractivity contribution is 5.79. The molecule has 1 unspecified atom stereocenters. The molecule has 0 fully saturated rings. The molecule has 2 heteroatoms. The number of allylic oxidation sites excluding steroid dienone is 1. The van der Waals surface area contributed by atoms with Gasteiger partial charge in [0.05, 0.1) is 0 Å². The van der Waals surface area contributed by atoms with Gasteiger partial charge < -0.3 is 4.79 Å². The SMILES string of the molecule is O=CCCC(C=C(c1ccccc1)c1ccccc1)Cc1cccnc1. The van der Waals surface area contributed by atoms with Gasteiger partial charge in [-0.05, 0) is 47.1 Å². The first-order valence-corrected chi connectivity index (χ1v) is 9.02. The van der Waals surface area contributed by atoms with Crippen molar-refractivity contribution in [1.82, 2.24) is 4.98 Å². The van der Waals surface area contributed by atoms with Crippen LogP contribution < -0.4 is 0 Å². The Bertz CT molecular complexity index is 784. The molecule has 0 aliphatic carbocycles. The van der Waals surface area contributed by atoms with E-state index in [0.29, 0.717) is 6.42 Å². The lowest BCUT2D eigenvalue weighted by molar-refractivity contribution is -0.108. The normalized spacial score (nSPS) is 11.5. The standard InChI is InChI=1S/C24H23NO/c26-16-8-10-20(17-21-9-7-15-25-19-21)18-24(22-11-3-1-4-12-22)23-13-5-2-6-14-23/h1-7,9,11-16,18-20H,8,10,17H2. The smallest absolute Gasteiger partial charge is 0.120 e. The fourth-order valence-corrected chi connectivity index (χ4v) is 3.18. The van der Waals surface area contributed by atoms with E-state index in [1.54, 1.807) is 6.20 Å². The minimum absolute atomic E-state index is 0.278. The maximum Gasteiger partial charge on any atom is 0.120 e. The molecule has 0 spiro atoms. The van der Waals surface area contributed by atoms with Crippen molar-refractivity contribution in [2.75, 3.05) is 0 Å². The largest absolute Gasteiger partial charge is 0.303 e. The van der Waals surface area contributed by atoms with Crippen molar-refractivity contribution >= 4 is 11.9 Å². The van der Waals surface area contributed by atoms with Crippen molar-refractivity contribution in [2.24, 2.45) is 5.92 Å². The molecule has 0 saturated heterocycles. The van der Waals surface area contributed by atoms with Crippen molar-refractivity contribution in [1.29, 1.82) is 0 Å². The molecule has 2 aromatic carbocycles. The van der Waals surface area contributed by atoms with Crippen LogP contribution >= 0.6 is 0 Å². The van der Waals surface area contributed by atoms with Gasteiger partial charge in [0.1, 0.15) is 6.29 Å². The first kappa shape index (κ1) is 17.8. The summed E-state index contributed by atoms with van der Waals surface area (Å²) < 4.78 is 0. The topological polar surface area (TPSA) is 30.0 Å². The molecule has 1 atom stereocenters. The van der Waals surface area contributed by atoms with Crippen LogP contribution in [-0.2, 0) is 11.2 Å². The van der Waals surface area contributed by atoms with Crippen molar-refractivity contribution in [3.8, 4) is 0 Å². The summed E-state index contributed by atoms with van der Waals surface area (Å²) in [5, 5.41) is 0. The number of hydrogen-bond acceptors (Lipinski definition) is 2. The highest BCUT2D eigenvalue weighted by Gasteiger charge is 2.12. The van der Waals surface area contributed by atoms with Gasteiger partial charge in [0.2, 0.25) is 0 Å². The van der Waals surface area contributed by atoms with E-state index < -0.39 is 0 Å². The van der Waals surface area contributed by atoms with E-state index in [2.05, 4.69) is 65.7 Å². The first-order valence-electron chi connectivity index (χ1n) is 9.02. The summed E-state index contributed by atoms with van der Waals surface area (Å²) in [6.45, 7) is 0. The fourth-order valence-electron chi connectivity index (χ4n) is 3.18. The Morgan fingerprint density at radius 1 is 0.885 bits per heavy atom. The van der Waals surface area contributed by atoms with Crippen LogP contribution in [0.5, 0.6) is 0 Å². The number of hydrogen-bond donors (Lipinski definition) is 0. The van der Waals surface area contributed by atoms with Crippen LogP contribution in [0.3, 0.4) is 0 Å². The van der Waals surface area contributed by atoms with E-state index in [-0.39, 0.29) is 5.92 Å². The summed E-state index contributed by atoms with van der Waals surface area (Å²) in [5.41, 5.74) is 4.80. The fraction of sp³-hybridized carbons (Fsp3) is 0.167. The molecule has 2 nitrogen and oxygen atoms in total. The Labute approximate surface area is 155 Å². The minimum atomic E-state index is 0.278. The lowest BCUT2D eigenvalue weighted by atomic mass is 9.89. The Hall–Kier alpha value is -3.00. The summed E-state index contributed by atoms with van der Waals surface area (Å²) in [6.07, 6.45) is 9.31. The zero-order valence-electron chi connectivity index (χ0n) is 14.8. The zero-order valence-corrected chi connectivity index (χ0v) is 14.8. The summed E-state index contributed by atoms with van der Waals surface area (Å²) in [4.78, 5) is 15.2. The van der Waals surface area contributed by atoms with E-state index in [1.165, 1.54) is 22.3 Å². The molecule has 0 aliphatic rings. The molecule has 26 heavy (non-hydrogen) atoms. The lowest BCUT2D eigenvalue weighted by Crippen LogP contribution is -2.04. The van der Waals surface area contributed by atoms with Crippen LogP contribution in [0.1, 0.15) is 29.5 Å². The molecule has 0 aliphatic heterocycles. The number of aldehydes is 1. The van der Waals surface area contributed by atoms with E-state index in [4.69, 9.17) is 0 Å². The molecule has 0 saturated carbocycles. The van der Waals surface area contributed by atoms with Crippen LogP contribution in [0, 0.1) is 5.92 Å². The maximum atomic E-state index is 11.0. The number of aromatic nitrogens is 1. The predicted octanol–water partition coefficient (Wildman–Crippen LogP) is 5.35. The van der Waals surface area contributed by atoms with Crippen molar-refractivity contribution in [3.05, 3.63) is 108 Å². The Morgan fingerprint density at radius 3 is 2.08 bits per heavy atom. The third-order valence-corrected chi connectivity index (χ3v) is 4.45. The van der Waals surface area contributed by atoms with Crippen molar-refractivity contribution in [3.63, 3.8) is 0 Å². The molecule has 1 aromatic heterocycles. The molecule has 130 valence electrons. The Balaban J connectivity index is 1.97. The number of carbonyl (C=O) groups excluding carboxylic acids is 1. The Morgan fingerprint density at radius 2 is 1.54 bits per heavy atom. The van der Waals surface area contributed by atoms with Gasteiger partial charge in [-0.25, -0.2) is 0 Å². The second-order valence-corrected chi connectivity index (χ2v) is 6.38. The molecule has 0 bridgehead atoms. The van der Waals surface area contributed by atoms with Gasteiger partial charge in [0.25, 0.3) is 0 Å². The van der Waals surface area contributed by atoms with Gasteiger partial charge in [0, 0.05) is 18.8 Å². The van der Waals surface area contributed by atoms with Gasteiger partial charge in [0.15, 0.2) is 0 Å².